The van der Waals surface area contributed by atoms with Crippen LogP contribution in [0.4, 0.5) is 0 Å². The number of methoxy groups -OCH3 is 1. The Balaban J connectivity index is 1.81. The van der Waals surface area contributed by atoms with Gasteiger partial charge in [0, 0.05) is 25.4 Å². The van der Waals surface area contributed by atoms with Crippen molar-refractivity contribution >= 4 is 28.0 Å². The van der Waals surface area contributed by atoms with Crippen LogP contribution >= 0.6 is 0 Å². The third kappa shape index (κ3) is 2.62. The van der Waals surface area contributed by atoms with Crippen LogP contribution in [0, 0.1) is 0 Å². The average Bonchev–Trinajstić information content (AvgIpc) is 3.20. The Bertz CT molecular complexity index is 934. The van der Waals surface area contributed by atoms with Crippen molar-refractivity contribution in [3.63, 3.8) is 0 Å². The molecule has 1 unspecified atom stereocenters. The molecule has 6 nitrogen and oxygen atoms in total. The smallest absolute Gasteiger partial charge is 0.223 e. The molecule has 4 rings (SSSR count). The molecule has 1 atom stereocenters. The fourth-order valence-electron chi connectivity index (χ4n) is 3.66. The molecule has 1 amide bonds. The highest BCUT2D eigenvalue weighted by Crippen LogP contribution is 2.41. The van der Waals surface area contributed by atoms with E-state index in [0.29, 0.717) is 23.3 Å². The van der Waals surface area contributed by atoms with Gasteiger partial charge in [-0.2, -0.15) is 0 Å². The number of furan rings is 1. The molecule has 1 aliphatic rings. The van der Waals surface area contributed by atoms with E-state index in [-0.39, 0.29) is 11.8 Å². The van der Waals surface area contributed by atoms with E-state index < -0.39 is 0 Å². The molecular weight excluding hydrogens is 318 g/mol. The number of carbonyl (C=O) groups excluding carboxylic acids is 1. The molecule has 1 fully saturated rings. The van der Waals surface area contributed by atoms with Gasteiger partial charge in [-0.3, -0.25) is 4.79 Å². The maximum Gasteiger partial charge on any atom is 0.223 e. The van der Waals surface area contributed by atoms with Crippen molar-refractivity contribution in [1.82, 2.24) is 14.9 Å². The second kappa shape index (κ2) is 6.35. The minimum Gasteiger partial charge on any atom is -0.493 e. The number of rotatable bonds is 5. The largest absolute Gasteiger partial charge is 0.493 e. The Morgan fingerprint density at radius 2 is 2.28 bits per heavy atom. The Kier molecular flexibility index (Phi) is 4.03. The fourth-order valence-corrected chi connectivity index (χ4v) is 3.66. The van der Waals surface area contributed by atoms with Crippen LogP contribution in [0.3, 0.4) is 0 Å². The van der Waals surface area contributed by atoms with Crippen LogP contribution in [0.1, 0.15) is 37.7 Å². The molecule has 0 saturated carbocycles. The maximum atomic E-state index is 12.4. The predicted molar refractivity (Wildman–Crippen MR) is 94.7 cm³/mol. The monoisotopic (exact) mass is 339 g/mol. The summed E-state index contributed by atoms with van der Waals surface area (Å²) in [5.74, 6) is 1.04. The summed E-state index contributed by atoms with van der Waals surface area (Å²) in [6.07, 6.45) is 5.85. The number of aromatic nitrogens is 2. The summed E-state index contributed by atoms with van der Waals surface area (Å²) >= 11 is 0. The van der Waals surface area contributed by atoms with Crippen molar-refractivity contribution in [2.24, 2.45) is 0 Å². The summed E-state index contributed by atoms with van der Waals surface area (Å²) in [5, 5.41) is 0.937. The van der Waals surface area contributed by atoms with E-state index in [9.17, 15) is 4.79 Å². The first-order valence-corrected chi connectivity index (χ1v) is 8.69. The molecule has 0 bridgehead atoms. The SMILES string of the molecule is CCCCN1CC(c2ccc(OC)c3oc4cncnc4c23)CC1=O. The second-order valence-corrected chi connectivity index (χ2v) is 6.49. The lowest BCUT2D eigenvalue weighted by Crippen LogP contribution is -2.26. The highest BCUT2D eigenvalue weighted by molar-refractivity contribution is 6.06. The molecule has 3 heterocycles. The van der Waals surface area contributed by atoms with Gasteiger partial charge in [-0.1, -0.05) is 19.4 Å². The summed E-state index contributed by atoms with van der Waals surface area (Å²) in [6, 6.07) is 3.95. The Morgan fingerprint density at radius 1 is 1.40 bits per heavy atom. The van der Waals surface area contributed by atoms with Gasteiger partial charge in [-0.25, -0.2) is 9.97 Å². The van der Waals surface area contributed by atoms with Gasteiger partial charge in [-0.05, 0) is 18.1 Å². The number of benzene rings is 1. The summed E-state index contributed by atoms with van der Waals surface area (Å²) in [6.45, 7) is 3.72. The molecule has 1 aliphatic heterocycles. The maximum absolute atomic E-state index is 12.4. The van der Waals surface area contributed by atoms with Gasteiger partial charge in [0.2, 0.25) is 5.91 Å². The molecule has 0 radical (unpaired) electrons. The van der Waals surface area contributed by atoms with Crippen molar-refractivity contribution in [2.75, 3.05) is 20.2 Å². The van der Waals surface area contributed by atoms with E-state index in [1.165, 1.54) is 6.33 Å². The van der Waals surface area contributed by atoms with Gasteiger partial charge in [0.05, 0.1) is 18.7 Å². The normalized spacial score (nSPS) is 17.8. The zero-order valence-electron chi connectivity index (χ0n) is 14.5. The van der Waals surface area contributed by atoms with Crippen molar-refractivity contribution in [3.8, 4) is 5.75 Å². The van der Waals surface area contributed by atoms with Gasteiger partial charge >= 0.3 is 0 Å². The van der Waals surface area contributed by atoms with E-state index in [0.717, 1.165) is 42.4 Å². The third-order valence-electron chi connectivity index (χ3n) is 4.94. The molecule has 0 spiro atoms. The Morgan fingerprint density at radius 3 is 3.08 bits per heavy atom. The number of likely N-dealkylation sites (tertiary alicyclic amines) is 1. The highest BCUT2D eigenvalue weighted by Gasteiger charge is 2.32. The molecule has 0 N–H and O–H groups in total. The molecule has 1 saturated heterocycles. The second-order valence-electron chi connectivity index (χ2n) is 6.49. The van der Waals surface area contributed by atoms with Crippen LogP contribution in [0.15, 0.2) is 29.1 Å². The average molecular weight is 339 g/mol. The number of unbranched alkanes of at least 4 members (excludes halogenated alkanes) is 1. The number of amides is 1. The number of hydrogen-bond acceptors (Lipinski definition) is 5. The Labute approximate surface area is 145 Å². The zero-order valence-corrected chi connectivity index (χ0v) is 14.5. The van der Waals surface area contributed by atoms with E-state index in [4.69, 9.17) is 9.15 Å². The fraction of sp³-hybridized carbons (Fsp3) is 0.421. The lowest BCUT2D eigenvalue weighted by Gasteiger charge is -2.16. The molecule has 1 aromatic carbocycles. The predicted octanol–water partition coefficient (Wildman–Crippen LogP) is 3.50. The number of ether oxygens (including phenoxy) is 1. The highest BCUT2D eigenvalue weighted by atomic mass is 16.5. The number of hydrogen-bond donors (Lipinski definition) is 0. The van der Waals surface area contributed by atoms with Crippen LogP contribution in [-0.4, -0.2) is 41.0 Å². The van der Waals surface area contributed by atoms with Crippen LogP contribution < -0.4 is 4.74 Å². The lowest BCUT2D eigenvalue weighted by molar-refractivity contribution is -0.127. The van der Waals surface area contributed by atoms with Gasteiger partial charge in [0.15, 0.2) is 16.9 Å². The van der Waals surface area contributed by atoms with Gasteiger partial charge in [-0.15, -0.1) is 0 Å². The van der Waals surface area contributed by atoms with Gasteiger partial charge < -0.3 is 14.1 Å². The topological polar surface area (TPSA) is 68.5 Å². The molecule has 2 aromatic heterocycles. The third-order valence-corrected chi connectivity index (χ3v) is 4.94. The summed E-state index contributed by atoms with van der Waals surface area (Å²) in [5.41, 5.74) is 3.18. The number of fused-ring (bicyclic) bond motifs is 3. The summed E-state index contributed by atoms with van der Waals surface area (Å²) in [7, 11) is 1.62. The van der Waals surface area contributed by atoms with Gasteiger partial charge in [0.25, 0.3) is 0 Å². The van der Waals surface area contributed by atoms with Crippen LogP contribution in [-0.2, 0) is 4.79 Å². The van der Waals surface area contributed by atoms with Crippen LogP contribution in [0.25, 0.3) is 22.1 Å². The van der Waals surface area contributed by atoms with Crippen LogP contribution in [0.5, 0.6) is 5.75 Å². The van der Waals surface area contributed by atoms with Crippen LogP contribution in [0.2, 0.25) is 0 Å². The number of nitrogens with zero attached hydrogens (tertiary/aromatic N) is 3. The first-order chi connectivity index (χ1) is 12.2. The van der Waals surface area contributed by atoms with E-state index in [2.05, 4.69) is 16.9 Å². The summed E-state index contributed by atoms with van der Waals surface area (Å²) in [4.78, 5) is 22.8. The van der Waals surface area contributed by atoms with E-state index >= 15 is 0 Å². The van der Waals surface area contributed by atoms with E-state index in [1.54, 1.807) is 13.3 Å². The van der Waals surface area contributed by atoms with Gasteiger partial charge in [0.1, 0.15) is 11.8 Å². The van der Waals surface area contributed by atoms with E-state index in [1.807, 2.05) is 17.0 Å². The molecular formula is C19H21N3O3. The van der Waals surface area contributed by atoms with Crippen molar-refractivity contribution in [1.29, 1.82) is 0 Å². The zero-order chi connectivity index (χ0) is 17.4. The minimum absolute atomic E-state index is 0.147. The van der Waals surface area contributed by atoms with Crippen molar-refractivity contribution < 1.29 is 13.9 Å². The summed E-state index contributed by atoms with van der Waals surface area (Å²) < 4.78 is 11.4. The number of carbonyl (C=O) groups is 1. The first-order valence-electron chi connectivity index (χ1n) is 8.69. The standard InChI is InChI=1S/C19H21N3O3/c1-3-4-7-22-10-12(8-16(22)23)13-5-6-14(24-2)19-17(13)18-15(25-19)9-20-11-21-18/h5-6,9,11-12H,3-4,7-8,10H2,1-2H3. The van der Waals surface area contributed by atoms with Crippen molar-refractivity contribution in [3.05, 3.63) is 30.2 Å². The molecule has 0 aliphatic carbocycles. The molecule has 130 valence electrons. The quantitative estimate of drug-likeness (QED) is 0.711. The minimum atomic E-state index is 0.147. The first kappa shape index (κ1) is 15.9. The molecule has 6 heteroatoms. The molecule has 25 heavy (non-hydrogen) atoms. The Hall–Kier alpha value is -2.63. The lowest BCUT2D eigenvalue weighted by atomic mass is 9.94. The van der Waals surface area contributed by atoms with Crippen molar-refractivity contribution in [2.45, 2.75) is 32.1 Å². The molecule has 3 aromatic rings.